The Morgan fingerprint density at radius 3 is 2.46 bits per heavy atom. The minimum absolute atomic E-state index is 0.0262. The van der Waals surface area contributed by atoms with Crippen LogP contribution < -0.4 is 16.1 Å². The van der Waals surface area contributed by atoms with Crippen molar-refractivity contribution in [2.24, 2.45) is 5.10 Å². The quantitative estimate of drug-likeness (QED) is 0.268. The standard InChI is InChI=1S/C16H22N4O4/c1-12(19-20-16(23)15(22)17-8-9-24-2)10-14(21)18-11-13-6-4-3-5-7-13/h3-7H,8-11H2,1-2H3,(H,17,22)(H,18,21)(H,20,23)/b19-12+. The number of carbonyl (C=O) groups is 3. The molecule has 0 aliphatic heterocycles. The van der Waals surface area contributed by atoms with E-state index in [0.29, 0.717) is 18.9 Å². The number of methoxy groups -OCH3 is 1. The average Bonchev–Trinajstić information content (AvgIpc) is 2.59. The van der Waals surface area contributed by atoms with Crippen LogP contribution in [0.25, 0.3) is 0 Å². The highest BCUT2D eigenvalue weighted by atomic mass is 16.5. The third-order valence-corrected chi connectivity index (χ3v) is 2.90. The molecule has 130 valence electrons. The molecule has 0 heterocycles. The SMILES string of the molecule is COCCNC(=O)C(=O)N/N=C(\C)CC(=O)NCc1ccccc1. The van der Waals surface area contributed by atoms with Gasteiger partial charge in [0.15, 0.2) is 0 Å². The molecule has 0 fully saturated rings. The molecule has 0 atom stereocenters. The van der Waals surface area contributed by atoms with Crippen LogP contribution in [0.5, 0.6) is 0 Å². The Balaban J connectivity index is 2.31. The van der Waals surface area contributed by atoms with E-state index < -0.39 is 11.8 Å². The summed E-state index contributed by atoms with van der Waals surface area (Å²) in [5.41, 5.74) is 3.48. The Labute approximate surface area is 140 Å². The van der Waals surface area contributed by atoms with Gasteiger partial charge in [0.05, 0.1) is 13.0 Å². The smallest absolute Gasteiger partial charge is 0.329 e. The van der Waals surface area contributed by atoms with Crippen LogP contribution in [0.1, 0.15) is 18.9 Å². The number of carbonyl (C=O) groups excluding carboxylic acids is 3. The van der Waals surface area contributed by atoms with Crippen molar-refractivity contribution in [3.05, 3.63) is 35.9 Å². The molecule has 1 aromatic rings. The van der Waals surface area contributed by atoms with Gasteiger partial charge >= 0.3 is 11.8 Å². The predicted octanol–water partition coefficient (Wildman–Crippen LogP) is -0.0524. The Hall–Kier alpha value is -2.74. The largest absolute Gasteiger partial charge is 0.383 e. The van der Waals surface area contributed by atoms with Gasteiger partial charge in [-0.15, -0.1) is 0 Å². The summed E-state index contributed by atoms with van der Waals surface area (Å²) in [5, 5.41) is 8.84. The first-order valence-corrected chi connectivity index (χ1v) is 7.43. The maximum Gasteiger partial charge on any atom is 0.329 e. The van der Waals surface area contributed by atoms with Crippen molar-refractivity contribution in [2.45, 2.75) is 19.9 Å². The van der Waals surface area contributed by atoms with Gasteiger partial charge in [0, 0.05) is 25.9 Å². The number of ether oxygens (including phenoxy) is 1. The highest BCUT2D eigenvalue weighted by Crippen LogP contribution is 1.97. The monoisotopic (exact) mass is 334 g/mol. The van der Waals surface area contributed by atoms with Crippen molar-refractivity contribution in [1.29, 1.82) is 0 Å². The minimum Gasteiger partial charge on any atom is -0.383 e. The van der Waals surface area contributed by atoms with Gasteiger partial charge in [0.1, 0.15) is 0 Å². The van der Waals surface area contributed by atoms with Crippen LogP contribution in [0, 0.1) is 0 Å². The second kappa shape index (κ2) is 10.9. The minimum atomic E-state index is -0.893. The molecule has 24 heavy (non-hydrogen) atoms. The Bertz CT molecular complexity index is 587. The fraction of sp³-hybridized carbons (Fsp3) is 0.375. The van der Waals surface area contributed by atoms with E-state index in [1.165, 1.54) is 7.11 Å². The van der Waals surface area contributed by atoms with Crippen molar-refractivity contribution in [2.75, 3.05) is 20.3 Å². The van der Waals surface area contributed by atoms with Crippen LogP contribution in [-0.4, -0.2) is 43.7 Å². The van der Waals surface area contributed by atoms with E-state index in [9.17, 15) is 14.4 Å². The molecule has 0 radical (unpaired) electrons. The number of nitrogens with one attached hydrogen (secondary N) is 3. The van der Waals surface area contributed by atoms with Gasteiger partial charge in [0.25, 0.3) is 0 Å². The molecule has 0 aliphatic rings. The Morgan fingerprint density at radius 2 is 1.79 bits per heavy atom. The second-order valence-corrected chi connectivity index (χ2v) is 4.98. The van der Waals surface area contributed by atoms with Crippen molar-refractivity contribution in [3.63, 3.8) is 0 Å². The summed E-state index contributed by atoms with van der Waals surface area (Å²) in [7, 11) is 1.49. The molecule has 8 heteroatoms. The van der Waals surface area contributed by atoms with Gasteiger partial charge in [-0.05, 0) is 12.5 Å². The van der Waals surface area contributed by atoms with Crippen molar-refractivity contribution >= 4 is 23.4 Å². The molecule has 0 saturated heterocycles. The normalized spacial score (nSPS) is 10.8. The molecule has 3 amide bonds. The number of nitrogens with zero attached hydrogens (tertiary/aromatic N) is 1. The van der Waals surface area contributed by atoms with E-state index in [1.807, 2.05) is 30.3 Å². The maximum absolute atomic E-state index is 11.8. The van der Waals surface area contributed by atoms with E-state index in [4.69, 9.17) is 4.74 Å². The third-order valence-electron chi connectivity index (χ3n) is 2.90. The number of amides is 3. The maximum atomic E-state index is 11.8. The van der Waals surface area contributed by atoms with Crippen molar-refractivity contribution < 1.29 is 19.1 Å². The van der Waals surface area contributed by atoms with E-state index in [2.05, 4.69) is 21.2 Å². The van der Waals surface area contributed by atoms with Crippen LogP contribution in [-0.2, 0) is 25.7 Å². The summed E-state index contributed by atoms with van der Waals surface area (Å²) in [4.78, 5) is 34.6. The number of benzene rings is 1. The van der Waals surface area contributed by atoms with Crippen molar-refractivity contribution in [1.82, 2.24) is 16.1 Å². The molecule has 0 bridgehead atoms. The highest BCUT2D eigenvalue weighted by Gasteiger charge is 2.12. The van der Waals surface area contributed by atoms with Crippen molar-refractivity contribution in [3.8, 4) is 0 Å². The van der Waals surface area contributed by atoms with E-state index in [1.54, 1.807) is 6.92 Å². The first-order chi connectivity index (χ1) is 11.5. The molecular weight excluding hydrogens is 312 g/mol. The first kappa shape index (κ1) is 19.3. The molecule has 1 rings (SSSR count). The molecule has 0 saturated carbocycles. The molecule has 1 aromatic carbocycles. The lowest BCUT2D eigenvalue weighted by Gasteiger charge is -2.06. The molecule has 0 unspecified atom stereocenters. The number of hydrazone groups is 1. The lowest BCUT2D eigenvalue weighted by Crippen LogP contribution is -2.39. The van der Waals surface area contributed by atoms with Crippen LogP contribution in [0.2, 0.25) is 0 Å². The predicted molar refractivity (Wildman–Crippen MR) is 89.0 cm³/mol. The van der Waals surface area contributed by atoms with E-state index in [0.717, 1.165) is 5.56 Å². The highest BCUT2D eigenvalue weighted by molar-refractivity contribution is 6.35. The molecule has 3 N–H and O–H groups in total. The van der Waals surface area contributed by atoms with Crippen LogP contribution in [0.15, 0.2) is 35.4 Å². The first-order valence-electron chi connectivity index (χ1n) is 7.43. The summed E-state index contributed by atoms with van der Waals surface area (Å²) in [5.74, 6) is -1.92. The van der Waals surface area contributed by atoms with Crippen LogP contribution >= 0.6 is 0 Å². The fourth-order valence-corrected chi connectivity index (χ4v) is 1.67. The number of rotatable bonds is 8. The van der Waals surface area contributed by atoms with Gasteiger partial charge in [0.2, 0.25) is 5.91 Å². The summed E-state index contributed by atoms with van der Waals surface area (Å²) >= 11 is 0. The fourth-order valence-electron chi connectivity index (χ4n) is 1.67. The van der Waals surface area contributed by atoms with Crippen LogP contribution in [0.4, 0.5) is 0 Å². The zero-order valence-corrected chi connectivity index (χ0v) is 13.8. The van der Waals surface area contributed by atoms with E-state index in [-0.39, 0.29) is 18.9 Å². The molecule has 0 aromatic heterocycles. The van der Waals surface area contributed by atoms with Gasteiger partial charge in [-0.3, -0.25) is 14.4 Å². The third kappa shape index (κ3) is 8.04. The lowest BCUT2D eigenvalue weighted by atomic mass is 10.2. The average molecular weight is 334 g/mol. The summed E-state index contributed by atoms with van der Waals surface area (Å²) in [6, 6.07) is 9.49. The zero-order valence-electron chi connectivity index (χ0n) is 13.8. The number of hydrogen-bond donors (Lipinski definition) is 3. The Kier molecular flexibility index (Phi) is 8.77. The summed E-state index contributed by atoms with van der Waals surface area (Å²) in [6.45, 7) is 2.54. The topological polar surface area (TPSA) is 109 Å². The number of hydrogen-bond acceptors (Lipinski definition) is 5. The van der Waals surface area contributed by atoms with Crippen LogP contribution in [0.3, 0.4) is 0 Å². The summed E-state index contributed by atoms with van der Waals surface area (Å²) < 4.78 is 4.75. The van der Waals surface area contributed by atoms with Gasteiger partial charge in [-0.25, -0.2) is 5.43 Å². The van der Waals surface area contributed by atoms with E-state index >= 15 is 0 Å². The second-order valence-electron chi connectivity index (χ2n) is 4.98. The lowest BCUT2D eigenvalue weighted by molar-refractivity contribution is -0.139. The summed E-state index contributed by atoms with van der Waals surface area (Å²) in [6.07, 6.45) is 0.0262. The van der Waals surface area contributed by atoms with Gasteiger partial charge in [-0.2, -0.15) is 5.10 Å². The Morgan fingerprint density at radius 1 is 1.08 bits per heavy atom. The molecule has 0 aliphatic carbocycles. The zero-order chi connectivity index (χ0) is 17.8. The van der Waals surface area contributed by atoms with Gasteiger partial charge < -0.3 is 15.4 Å². The van der Waals surface area contributed by atoms with Gasteiger partial charge in [-0.1, -0.05) is 30.3 Å². The molecular formula is C16H22N4O4. The molecule has 0 spiro atoms. The molecule has 8 nitrogen and oxygen atoms in total.